The molecule has 0 aliphatic carbocycles. The molecule has 1 fully saturated rings. The van der Waals surface area contributed by atoms with Crippen LogP contribution in [0, 0.1) is 6.92 Å². The van der Waals surface area contributed by atoms with E-state index < -0.39 is 35.9 Å². The Kier molecular flexibility index (Phi) is 7.44. The zero-order chi connectivity index (χ0) is 26.8. The number of piperazine rings is 1. The number of hydrogen-bond acceptors (Lipinski definition) is 4. The van der Waals surface area contributed by atoms with E-state index in [-0.39, 0.29) is 17.2 Å². The van der Waals surface area contributed by atoms with Crippen LogP contribution in [0.15, 0.2) is 54.7 Å². The second-order valence-corrected chi connectivity index (χ2v) is 8.74. The molecule has 0 radical (unpaired) electrons. The fourth-order valence-electron chi connectivity index (χ4n) is 4.19. The Labute approximate surface area is 209 Å². The van der Waals surface area contributed by atoms with E-state index >= 15 is 0 Å². The van der Waals surface area contributed by atoms with Gasteiger partial charge < -0.3 is 15.5 Å². The highest BCUT2D eigenvalue weighted by atomic mass is 19.4. The summed E-state index contributed by atoms with van der Waals surface area (Å²) in [7, 11) is 0. The number of carbonyl (C=O) groups is 1. The lowest BCUT2D eigenvalue weighted by atomic mass is 9.96. The largest absolute Gasteiger partial charge is 0.416 e. The van der Waals surface area contributed by atoms with Gasteiger partial charge in [-0.3, -0.25) is 4.79 Å². The summed E-state index contributed by atoms with van der Waals surface area (Å²) in [5, 5.41) is 5.72. The molecule has 0 atom stereocenters. The van der Waals surface area contributed by atoms with E-state index in [1.807, 2.05) is 31.2 Å². The average molecular weight is 522 g/mol. The van der Waals surface area contributed by atoms with Crippen molar-refractivity contribution in [3.05, 3.63) is 82.5 Å². The topological polar surface area (TPSA) is 57.3 Å². The number of aryl methyl sites for hydroxylation is 1. The van der Waals surface area contributed by atoms with Crippen molar-refractivity contribution in [1.29, 1.82) is 0 Å². The molecule has 3 aromatic rings. The third-order valence-electron chi connectivity index (χ3n) is 6.11. The first-order chi connectivity index (χ1) is 17.4. The Morgan fingerprint density at radius 2 is 1.57 bits per heavy atom. The third kappa shape index (κ3) is 6.22. The summed E-state index contributed by atoms with van der Waals surface area (Å²) in [5.74, 6) is 0.00702. The molecule has 5 nitrogen and oxygen atoms in total. The van der Waals surface area contributed by atoms with Gasteiger partial charge in [-0.05, 0) is 53.4 Å². The van der Waals surface area contributed by atoms with Gasteiger partial charge in [0.25, 0.3) is 5.91 Å². The van der Waals surface area contributed by atoms with E-state index in [1.54, 1.807) is 6.07 Å². The fourth-order valence-corrected chi connectivity index (χ4v) is 4.19. The molecule has 1 aromatic heterocycles. The fraction of sp³-hybridized carbons (Fsp3) is 0.308. The average Bonchev–Trinajstić information content (AvgIpc) is 2.86. The molecular weight excluding hydrogens is 498 g/mol. The Bertz CT molecular complexity index is 1250. The minimum Gasteiger partial charge on any atom is -0.354 e. The van der Waals surface area contributed by atoms with E-state index in [9.17, 15) is 31.1 Å². The standard InChI is InChI=1S/C26H24F6N4O/c1-16-4-2-3-5-20(16)21-13-23(36-8-6-33-7-9-36)34-15-22(21)24(37)35-14-17-10-18(25(27,28)29)12-19(11-17)26(30,31)32/h2-5,10-13,15,33H,6-9,14H2,1H3,(H,35,37). The van der Waals surface area contributed by atoms with Crippen LogP contribution < -0.4 is 15.5 Å². The number of halogens is 6. The lowest BCUT2D eigenvalue weighted by Gasteiger charge is -2.29. The molecule has 0 saturated carbocycles. The Balaban J connectivity index is 1.66. The Morgan fingerprint density at radius 3 is 2.16 bits per heavy atom. The van der Waals surface area contributed by atoms with Gasteiger partial charge in [0.2, 0.25) is 0 Å². The molecule has 196 valence electrons. The summed E-state index contributed by atoms with van der Waals surface area (Å²) in [5.41, 5.74) is -0.802. The number of pyridine rings is 1. The molecule has 0 spiro atoms. The number of anilines is 1. The molecule has 1 amide bonds. The minimum absolute atomic E-state index is 0.0559. The molecule has 2 N–H and O–H groups in total. The smallest absolute Gasteiger partial charge is 0.354 e. The molecular formula is C26H24F6N4O. The summed E-state index contributed by atoms with van der Waals surface area (Å²) in [6.07, 6.45) is -8.55. The van der Waals surface area contributed by atoms with Crippen LogP contribution in [0.2, 0.25) is 0 Å². The molecule has 1 saturated heterocycles. The molecule has 37 heavy (non-hydrogen) atoms. The Morgan fingerprint density at radius 1 is 0.946 bits per heavy atom. The van der Waals surface area contributed by atoms with E-state index in [4.69, 9.17) is 0 Å². The molecule has 2 aromatic carbocycles. The monoisotopic (exact) mass is 522 g/mol. The predicted octanol–water partition coefficient (Wildman–Crippen LogP) is 5.43. The summed E-state index contributed by atoms with van der Waals surface area (Å²) < 4.78 is 79.2. The lowest BCUT2D eigenvalue weighted by Crippen LogP contribution is -2.44. The molecule has 1 aliphatic rings. The zero-order valence-corrected chi connectivity index (χ0v) is 19.8. The predicted molar refractivity (Wildman–Crippen MR) is 127 cm³/mol. The van der Waals surface area contributed by atoms with Crippen molar-refractivity contribution < 1.29 is 31.1 Å². The molecule has 0 bridgehead atoms. The van der Waals surface area contributed by atoms with Gasteiger partial charge in [0.15, 0.2) is 0 Å². The van der Waals surface area contributed by atoms with Gasteiger partial charge in [0, 0.05) is 38.9 Å². The lowest BCUT2D eigenvalue weighted by molar-refractivity contribution is -0.143. The van der Waals surface area contributed by atoms with Crippen molar-refractivity contribution in [2.24, 2.45) is 0 Å². The van der Waals surface area contributed by atoms with E-state index in [1.165, 1.54) is 6.20 Å². The van der Waals surface area contributed by atoms with Crippen molar-refractivity contribution in [2.45, 2.75) is 25.8 Å². The molecule has 0 unspecified atom stereocenters. The number of alkyl halides is 6. The first-order valence-electron chi connectivity index (χ1n) is 11.5. The van der Waals surface area contributed by atoms with Gasteiger partial charge in [0.1, 0.15) is 5.82 Å². The van der Waals surface area contributed by atoms with Crippen LogP contribution in [0.3, 0.4) is 0 Å². The molecule has 2 heterocycles. The van der Waals surface area contributed by atoms with Crippen molar-refractivity contribution in [3.63, 3.8) is 0 Å². The van der Waals surface area contributed by atoms with Gasteiger partial charge in [-0.2, -0.15) is 26.3 Å². The SMILES string of the molecule is Cc1ccccc1-c1cc(N2CCNCC2)ncc1C(=O)NCc1cc(C(F)(F)F)cc(C(F)(F)F)c1. The maximum Gasteiger partial charge on any atom is 0.416 e. The zero-order valence-electron chi connectivity index (χ0n) is 19.8. The second-order valence-electron chi connectivity index (χ2n) is 8.74. The number of rotatable bonds is 5. The van der Waals surface area contributed by atoms with Gasteiger partial charge in [-0.25, -0.2) is 4.98 Å². The first kappa shape index (κ1) is 26.5. The molecule has 1 aliphatic heterocycles. The number of carbonyl (C=O) groups excluding carboxylic acids is 1. The number of amides is 1. The maximum atomic E-state index is 13.2. The van der Waals surface area contributed by atoms with Gasteiger partial charge >= 0.3 is 12.4 Å². The molecule has 4 rings (SSSR count). The van der Waals surface area contributed by atoms with Crippen molar-refractivity contribution in [3.8, 4) is 11.1 Å². The highest BCUT2D eigenvalue weighted by Crippen LogP contribution is 2.36. The van der Waals surface area contributed by atoms with Gasteiger partial charge in [-0.1, -0.05) is 24.3 Å². The van der Waals surface area contributed by atoms with E-state index in [2.05, 4.69) is 20.5 Å². The summed E-state index contributed by atoms with van der Waals surface area (Å²) in [6, 6.07) is 10.4. The van der Waals surface area contributed by atoms with Crippen LogP contribution in [0.5, 0.6) is 0 Å². The van der Waals surface area contributed by atoms with Crippen molar-refractivity contribution >= 4 is 11.7 Å². The number of hydrogen-bond donors (Lipinski definition) is 2. The Hall–Kier alpha value is -3.60. The highest BCUT2D eigenvalue weighted by Gasteiger charge is 2.37. The normalized spacial score (nSPS) is 14.5. The van der Waals surface area contributed by atoms with Gasteiger partial charge in [0.05, 0.1) is 16.7 Å². The van der Waals surface area contributed by atoms with Crippen LogP contribution in [-0.4, -0.2) is 37.1 Å². The van der Waals surface area contributed by atoms with E-state index in [0.29, 0.717) is 23.5 Å². The summed E-state index contributed by atoms with van der Waals surface area (Å²) >= 11 is 0. The number of benzene rings is 2. The van der Waals surface area contributed by atoms with Crippen molar-refractivity contribution in [2.75, 3.05) is 31.1 Å². The highest BCUT2D eigenvalue weighted by molar-refractivity contribution is 6.01. The maximum absolute atomic E-state index is 13.2. The molecule has 11 heteroatoms. The van der Waals surface area contributed by atoms with Crippen LogP contribution in [0.25, 0.3) is 11.1 Å². The van der Waals surface area contributed by atoms with Crippen molar-refractivity contribution in [1.82, 2.24) is 15.6 Å². The summed E-state index contributed by atoms with van der Waals surface area (Å²) in [4.78, 5) is 19.7. The van der Waals surface area contributed by atoms with Crippen LogP contribution in [0.4, 0.5) is 32.2 Å². The first-order valence-corrected chi connectivity index (χ1v) is 11.5. The minimum atomic E-state index is -4.97. The van der Waals surface area contributed by atoms with Crippen LogP contribution in [-0.2, 0) is 18.9 Å². The quantitative estimate of drug-likeness (QED) is 0.439. The van der Waals surface area contributed by atoms with Crippen LogP contribution in [0.1, 0.15) is 32.6 Å². The summed E-state index contributed by atoms with van der Waals surface area (Å²) in [6.45, 7) is 4.36. The van der Waals surface area contributed by atoms with E-state index in [0.717, 1.165) is 37.3 Å². The number of nitrogens with one attached hydrogen (secondary N) is 2. The van der Waals surface area contributed by atoms with Gasteiger partial charge in [-0.15, -0.1) is 0 Å². The second kappa shape index (κ2) is 10.4. The van der Waals surface area contributed by atoms with Crippen LogP contribution >= 0.6 is 0 Å². The third-order valence-corrected chi connectivity index (χ3v) is 6.11. The number of nitrogens with zero attached hydrogens (tertiary/aromatic N) is 2. The number of aromatic nitrogens is 1.